The smallest absolute Gasteiger partial charge is 0.269 e. The summed E-state index contributed by atoms with van der Waals surface area (Å²) in [7, 11) is -3.52. The van der Waals surface area contributed by atoms with Crippen LogP contribution in [-0.4, -0.2) is 24.4 Å². The van der Waals surface area contributed by atoms with Crippen LogP contribution in [0.15, 0.2) is 64.3 Å². The molecule has 0 amide bonds. The van der Waals surface area contributed by atoms with Crippen LogP contribution in [0.1, 0.15) is 12.8 Å². The number of nitrogens with zero attached hydrogens (tertiary/aromatic N) is 1. The van der Waals surface area contributed by atoms with E-state index in [0.717, 1.165) is 23.3 Å². The van der Waals surface area contributed by atoms with Crippen LogP contribution < -0.4 is 10.3 Å². The van der Waals surface area contributed by atoms with E-state index in [1.54, 1.807) is 18.2 Å². The number of nitrogens with one attached hydrogen (secondary N) is 2. The zero-order valence-corrected chi connectivity index (χ0v) is 17.9. The minimum absolute atomic E-state index is 0.0426. The maximum atomic E-state index is 12.6. The molecule has 0 radical (unpaired) electrons. The standard InChI is InChI=1S/C21H16ClN3O3S2/c22-16-4-2-1-3-15(16)18-11-17-19(29-18)21(26)24-20(23-17)12-5-9-14(10-6-12)30(27,28)25-13-7-8-13/h1-6,9-11,13,25H,7-8H2,(H,23,24,26). The largest absolute Gasteiger partial charge is 0.305 e. The van der Waals surface area contributed by atoms with Gasteiger partial charge >= 0.3 is 0 Å². The van der Waals surface area contributed by atoms with Gasteiger partial charge in [0.2, 0.25) is 10.0 Å². The molecule has 0 aliphatic heterocycles. The van der Waals surface area contributed by atoms with Crippen LogP contribution in [0, 0.1) is 0 Å². The molecule has 2 heterocycles. The van der Waals surface area contributed by atoms with Crippen molar-refractivity contribution in [1.29, 1.82) is 0 Å². The Hall–Kier alpha value is -2.52. The van der Waals surface area contributed by atoms with Crippen LogP contribution >= 0.6 is 22.9 Å². The monoisotopic (exact) mass is 457 g/mol. The van der Waals surface area contributed by atoms with E-state index in [2.05, 4.69) is 14.7 Å². The lowest BCUT2D eigenvalue weighted by atomic mass is 10.2. The maximum absolute atomic E-state index is 12.6. The van der Waals surface area contributed by atoms with Crippen LogP contribution in [0.4, 0.5) is 0 Å². The van der Waals surface area contributed by atoms with Crippen LogP contribution in [0.5, 0.6) is 0 Å². The summed E-state index contributed by atoms with van der Waals surface area (Å²) in [4.78, 5) is 21.1. The molecule has 2 aromatic heterocycles. The molecule has 0 unspecified atom stereocenters. The van der Waals surface area contributed by atoms with Crippen molar-refractivity contribution in [3.05, 3.63) is 70.0 Å². The predicted octanol–water partition coefficient (Wildman–Crippen LogP) is 4.41. The molecule has 0 spiro atoms. The van der Waals surface area contributed by atoms with Crippen molar-refractivity contribution in [1.82, 2.24) is 14.7 Å². The number of benzene rings is 2. The lowest BCUT2D eigenvalue weighted by molar-refractivity contribution is 0.581. The van der Waals surface area contributed by atoms with Gasteiger partial charge in [-0.3, -0.25) is 4.79 Å². The van der Waals surface area contributed by atoms with E-state index >= 15 is 0 Å². The number of halogens is 1. The van der Waals surface area contributed by atoms with Gasteiger partial charge in [0, 0.05) is 27.1 Å². The molecule has 30 heavy (non-hydrogen) atoms. The summed E-state index contributed by atoms with van der Waals surface area (Å²) in [5.74, 6) is 0.384. The van der Waals surface area contributed by atoms with E-state index in [1.807, 2.05) is 24.3 Å². The highest BCUT2D eigenvalue weighted by Gasteiger charge is 2.27. The predicted molar refractivity (Wildman–Crippen MR) is 119 cm³/mol. The number of fused-ring (bicyclic) bond motifs is 1. The first kappa shape index (κ1) is 19.4. The number of sulfonamides is 1. The third-order valence-corrected chi connectivity index (χ3v) is 7.88. The second kappa shape index (κ2) is 7.31. The highest BCUT2D eigenvalue weighted by atomic mass is 35.5. The number of thiophene rings is 1. The average Bonchev–Trinajstić information content (AvgIpc) is 3.42. The molecular weight excluding hydrogens is 442 g/mol. The van der Waals surface area contributed by atoms with Gasteiger partial charge in [0.05, 0.1) is 10.4 Å². The van der Waals surface area contributed by atoms with Gasteiger partial charge in [-0.05, 0) is 49.2 Å². The van der Waals surface area contributed by atoms with E-state index < -0.39 is 10.0 Å². The molecule has 1 saturated carbocycles. The Kier molecular flexibility index (Phi) is 4.74. The Morgan fingerprint density at radius 3 is 2.53 bits per heavy atom. The Morgan fingerprint density at radius 1 is 1.10 bits per heavy atom. The SMILES string of the molecule is O=c1[nH]c(-c2ccc(S(=O)(=O)NC3CC3)cc2)nc2cc(-c3ccccc3Cl)sc12. The van der Waals surface area contributed by atoms with Crippen molar-refractivity contribution in [2.75, 3.05) is 0 Å². The van der Waals surface area contributed by atoms with E-state index in [9.17, 15) is 13.2 Å². The summed E-state index contributed by atoms with van der Waals surface area (Å²) in [5, 5.41) is 0.609. The fourth-order valence-corrected chi connectivity index (χ4v) is 5.78. The molecule has 0 atom stereocenters. The van der Waals surface area contributed by atoms with E-state index in [4.69, 9.17) is 11.6 Å². The molecule has 152 valence electrons. The van der Waals surface area contributed by atoms with Gasteiger partial charge in [-0.25, -0.2) is 18.1 Å². The average molecular weight is 458 g/mol. The second-order valence-corrected chi connectivity index (χ2v) is 10.3. The third-order valence-electron chi connectivity index (χ3n) is 4.86. The first-order valence-electron chi connectivity index (χ1n) is 9.32. The number of hydrogen-bond acceptors (Lipinski definition) is 5. The van der Waals surface area contributed by atoms with Gasteiger partial charge in [0.25, 0.3) is 5.56 Å². The van der Waals surface area contributed by atoms with Gasteiger partial charge in [-0.15, -0.1) is 11.3 Å². The van der Waals surface area contributed by atoms with Crippen LogP contribution in [0.25, 0.3) is 32.0 Å². The molecule has 9 heteroatoms. The normalized spacial score (nSPS) is 14.3. The molecule has 2 aromatic carbocycles. The Morgan fingerprint density at radius 2 is 1.83 bits per heavy atom. The summed E-state index contributed by atoms with van der Waals surface area (Å²) < 4.78 is 27.8. The molecular formula is C21H16ClN3O3S2. The Bertz CT molecular complexity index is 1420. The summed E-state index contributed by atoms with van der Waals surface area (Å²) in [6.07, 6.45) is 1.75. The second-order valence-electron chi connectivity index (χ2n) is 7.14. The van der Waals surface area contributed by atoms with Gasteiger partial charge in [0.1, 0.15) is 10.5 Å². The molecule has 5 rings (SSSR count). The van der Waals surface area contributed by atoms with Crippen molar-refractivity contribution in [3.63, 3.8) is 0 Å². The Labute approximate surface area is 181 Å². The summed E-state index contributed by atoms with van der Waals surface area (Å²) in [6, 6.07) is 15.7. The summed E-state index contributed by atoms with van der Waals surface area (Å²) in [5.41, 5.74) is 1.80. The van der Waals surface area contributed by atoms with E-state index in [0.29, 0.717) is 26.6 Å². The number of rotatable bonds is 5. The fourth-order valence-electron chi connectivity index (χ4n) is 3.15. The van der Waals surface area contributed by atoms with Gasteiger partial charge in [-0.2, -0.15) is 0 Å². The third kappa shape index (κ3) is 3.67. The molecule has 6 nitrogen and oxygen atoms in total. The van der Waals surface area contributed by atoms with Crippen molar-refractivity contribution in [3.8, 4) is 21.8 Å². The fraction of sp³-hybridized carbons (Fsp3) is 0.143. The lowest BCUT2D eigenvalue weighted by Gasteiger charge is -2.06. The van der Waals surface area contributed by atoms with Crippen LogP contribution in [-0.2, 0) is 10.0 Å². The van der Waals surface area contributed by atoms with Crippen molar-refractivity contribution in [2.24, 2.45) is 0 Å². The molecule has 1 aliphatic carbocycles. The molecule has 2 N–H and O–H groups in total. The maximum Gasteiger partial charge on any atom is 0.269 e. The number of H-pyrrole nitrogens is 1. The van der Waals surface area contributed by atoms with Gasteiger partial charge in [-0.1, -0.05) is 29.8 Å². The van der Waals surface area contributed by atoms with E-state index in [-0.39, 0.29) is 16.5 Å². The zero-order valence-electron chi connectivity index (χ0n) is 15.6. The first-order valence-corrected chi connectivity index (χ1v) is 12.0. The molecule has 0 saturated heterocycles. The minimum Gasteiger partial charge on any atom is -0.305 e. The number of aromatic amines is 1. The number of hydrogen-bond donors (Lipinski definition) is 2. The van der Waals surface area contributed by atoms with Crippen molar-refractivity contribution >= 4 is 43.2 Å². The zero-order chi connectivity index (χ0) is 20.9. The van der Waals surface area contributed by atoms with Crippen LogP contribution in [0.3, 0.4) is 0 Å². The molecule has 1 fully saturated rings. The minimum atomic E-state index is -3.52. The highest BCUT2D eigenvalue weighted by Crippen LogP contribution is 2.35. The van der Waals surface area contributed by atoms with E-state index in [1.165, 1.54) is 23.5 Å². The topological polar surface area (TPSA) is 91.9 Å². The first-order chi connectivity index (χ1) is 14.4. The highest BCUT2D eigenvalue weighted by molar-refractivity contribution is 7.89. The molecule has 4 aromatic rings. The van der Waals surface area contributed by atoms with Crippen molar-refractivity contribution in [2.45, 2.75) is 23.8 Å². The van der Waals surface area contributed by atoms with Gasteiger partial charge < -0.3 is 4.98 Å². The summed E-state index contributed by atoms with van der Waals surface area (Å²) in [6.45, 7) is 0. The lowest BCUT2D eigenvalue weighted by Crippen LogP contribution is -2.25. The Balaban J connectivity index is 1.52. The summed E-state index contributed by atoms with van der Waals surface area (Å²) >= 11 is 7.62. The number of aromatic nitrogens is 2. The molecule has 0 bridgehead atoms. The molecule has 1 aliphatic rings. The quantitative estimate of drug-likeness (QED) is 0.464. The van der Waals surface area contributed by atoms with Gasteiger partial charge in [0.15, 0.2) is 0 Å². The van der Waals surface area contributed by atoms with Crippen molar-refractivity contribution < 1.29 is 8.42 Å². The van der Waals surface area contributed by atoms with Crippen LogP contribution in [0.2, 0.25) is 5.02 Å².